The van der Waals surface area contributed by atoms with Crippen LogP contribution in [0.5, 0.6) is 0 Å². The first-order valence-electron chi connectivity index (χ1n) is 5.53. The van der Waals surface area contributed by atoms with Gasteiger partial charge in [-0.05, 0) is 33.4 Å². The predicted molar refractivity (Wildman–Crippen MR) is 59.8 cm³/mol. The van der Waals surface area contributed by atoms with Crippen molar-refractivity contribution in [2.24, 2.45) is 5.92 Å². The maximum absolute atomic E-state index is 3.26. The van der Waals surface area contributed by atoms with E-state index in [4.69, 9.17) is 0 Å². The third-order valence-electron chi connectivity index (χ3n) is 2.90. The molecule has 0 fully saturated rings. The maximum Gasteiger partial charge on any atom is 0.0563 e. The quantitative estimate of drug-likeness (QED) is 0.614. The largest absolute Gasteiger partial charge is 0.305 e. The lowest BCUT2D eigenvalue weighted by atomic mass is 10.0. The Bertz CT molecular complexity index is 115. The number of rotatable bonds is 7. The van der Waals surface area contributed by atoms with Crippen LogP contribution in [-0.4, -0.2) is 31.7 Å². The summed E-state index contributed by atoms with van der Waals surface area (Å²) in [6.45, 7) is 7.98. The summed E-state index contributed by atoms with van der Waals surface area (Å²) in [4.78, 5) is 2.39. The number of nitrogens with zero attached hydrogens (tertiary/aromatic N) is 1. The molecule has 0 unspecified atom stereocenters. The molecule has 0 aliphatic heterocycles. The van der Waals surface area contributed by atoms with Crippen molar-refractivity contribution in [2.45, 2.75) is 46.2 Å². The minimum atomic E-state index is 0.492. The third kappa shape index (κ3) is 5.27. The standard InChI is InChI=1S/C11H26N2/c1-6-8-11(7-2)9-13(5)10(3)12-4/h10-12H,6-9H2,1-5H3/t10-,11+/m1/s1. The fraction of sp³-hybridized carbons (Fsp3) is 1.00. The lowest BCUT2D eigenvalue weighted by Crippen LogP contribution is -2.41. The van der Waals surface area contributed by atoms with Gasteiger partial charge in [0, 0.05) is 6.54 Å². The van der Waals surface area contributed by atoms with Crippen molar-refractivity contribution in [1.82, 2.24) is 10.2 Å². The van der Waals surface area contributed by atoms with E-state index in [9.17, 15) is 0 Å². The summed E-state index contributed by atoms with van der Waals surface area (Å²) >= 11 is 0. The van der Waals surface area contributed by atoms with Crippen molar-refractivity contribution in [3.8, 4) is 0 Å². The van der Waals surface area contributed by atoms with Gasteiger partial charge in [0.05, 0.1) is 6.17 Å². The van der Waals surface area contributed by atoms with Crippen molar-refractivity contribution in [3.63, 3.8) is 0 Å². The first kappa shape index (κ1) is 12.9. The molecule has 0 bridgehead atoms. The van der Waals surface area contributed by atoms with Crippen LogP contribution in [-0.2, 0) is 0 Å². The van der Waals surface area contributed by atoms with Crippen LogP contribution in [0.15, 0.2) is 0 Å². The summed E-state index contributed by atoms with van der Waals surface area (Å²) in [7, 11) is 4.21. The Morgan fingerprint density at radius 1 is 1.31 bits per heavy atom. The highest BCUT2D eigenvalue weighted by molar-refractivity contribution is 4.65. The molecular weight excluding hydrogens is 160 g/mol. The van der Waals surface area contributed by atoms with E-state index in [0.29, 0.717) is 6.17 Å². The number of hydrogen-bond donors (Lipinski definition) is 1. The monoisotopic (exact) mass is 186 g/mol. The van der Waals surface area contributed by atoms with Gasteiger partial charge in [0.2, 0.25) is 0 Å². The van der Waals surface area contributed by atoms with Crippen molar-refractivity contribution in [3.05, 3.63) is 0 Å². The summed E-state index contributed by atoms with van der Waals surface area (Å²) in [6.07, 6.45) is 4.46. The van der Waals surface area contributed by atoms with Gasteiger partial charge in [0.25, 0.3) is 0 Å². The van der Waals surface area contributed by atoms with Gasteiger partial charge >= 0.3 is 0 Å². The average molecular weight is 186 g/mol. The SMILES string of the molecule is CCC[C@H](CC)CN(C)[C@H](C)NC. The summed E-state index contributed by atoms with van der Waals surface area (Å²) in [5, 5.41) is 3.26. The minimum absolute atomic E-state index is 0.492. The molecule has 0 heterocycles. The van der Waals surface area contributed by atoms with Crippen LogP contribution in [0.1, 0.15) is 40.0 Å². The van der Waals surface area contributed by atoms with Gasteiger partial charge in [0.15, 0.2) is 0 Å². The molecule has 0 saturated carbocycles. The molecule has 0 aromatic carbocycles. The lowest BCUT2D eigenvalue weighted by Gasteiger charge is -2.28. The van der Waals surface area contributed by atoms with E-state index in [0.717, 1.165) is 5.92 Å². The summed E-state index contributed by atoms with van der Waals surface area (Å²) in [5.41, 5.74) is 0. The van der Waals surface area contributed by atoms with Crippen LogP contribution >= 0.6 is 0 Å². The molecule has 2 atom stereocenters. The zero-order valence-electron chi connectivity index (χ0n) is 9.93. The molecular formula is C11H26N2. The molecule has 80 valence electrons. The Morgan fingerprint density at radius 3 is 2.31 bits per heavy atom. The Labute approximate surface area is 83.7 Å². The third-order valence-corrected chi connectivity index (χ3v) is 2.90. The molecule has 0 rings (SSSR count). The zero-order valence-corrected chi connectivity index (χ0v) is 9.93. The fourth-order valence-corrected chi connectivity index (χ4v) is 1.62. The fourth-order valence-electron chi connectivity index (χ4n) is 1.62. The van der Waals surface area contributed by atoms with Crippen molar-refractivity contribution >= 4 is 0 Å². The second kappa shape index (κ2) is 7.34. The highest BCUT2D eigenvalue weighted by atomic mass is 15.2. The van der Waals surface area contributed by atoms with E-state index >= 15 is 0 Å². The Balaban J connectivity index is 3.78. The molecule has 13 heavy (non-hydrogen) atoms. The lowest BCUT2D eigenvalue weighted by molar-refractivity contribution is 0.189. The predicted octanol–water partition coefficient (Wildman–Crippen LogP) is 2.31. The van der Waals surface area contributed by atoms with E-state index in [1.54, 1.807) is 0 Å². The number of hydrogen-bond acceptors (Lipinski definition) is 2. The van der Waals surface area contributed by atoms with E-state index in [2.05, 4.69) is 38.0 Å². The van der Waals surface area contributed by atoms with Crippen LogP contribution in [0, 0.1) is 5.92 Å². The highest BCUT2D eigenvalue weighted by Gasteiger charge is 2.11. The zero-order chi connectivity index (χ0) is 10.3. The molecule has 0 amide bonds. The molecule has 0 saturated heterocycles. The first-order valence-corrected chi connectivity index (χ1v) is 5.53. The van der Waals surface area contributed by atoms with Crippen LogP contribution in [0.4, 0.5) is 0 Å². The van der Waals surface area contributed by atoms with E-state index in [1.807, 2.05) is 7.05 Å². The molecule has 0 aliphatic rings. The summed E-state index contributed by atoms with van der Waals surface area (Å²) in [5.74, 6) is 0.866. The van der Waals surface area contributed by atoms with Crippen molar-refractivity contribution < 1.29 is 0 Å². The number of nitrogens with one attached hydrogen (secondary N) is 1. The summed E-state index contributed by atoms with van der Waals surface area (Å²) < 4.78 is 0. The molecule has 0 aliphatic carbocycles. The molecule has 0 spiro atoms. The van der Waals surface area contributed by atoms with Gasteiger partial charge < -0.3 is 5.32 Å². The smallest absolute Gasteiger partial charge is 0.0563 e. The van der Waals surface area contributed by atoms with Gasteiger partial charge in [-0.3, -0.25) is 4.90 Å². The van der Waals surface area contributed by atoms with Gasteiger partial charge in [-0.1, -0.05) is 26.7 Å². The van der Waals surface area contributed by atoms with E-state index in [-0.39, 0.29) is 0 Å². The van der Waals surface area contributed by atoms with Crippen LogP contribution in [0.25, 0.3) is 0 Å². The maximum atomic E-state index is 3.26. The molecule has 2 heteroatoms. The highest BCUT2D eigenvalue weighted by Crippen LogP contribution is 2.12. The van der Waals surface area contributed by atoms with Crippen molar-refractivity contribution in [2.75, 3.05) is 20.6 Å². The molecule has 2 nitrogen and oxygen atoms in total. The van der Waals surface area contributed by atoms with Gasteiger partial charge in [-0.2, -0.15) is 0 Å². The topological polar surface area (TPSA) is 15.3 Å². The second-order valence-electron chi connectivity index (χ2n) is 3.97. The average Bonchev–Trinajstić information content (AvgIpc) is 2.15. The first-order chi connectivity index (χ1) is 6.15. The second-order valence-corrected chi connectivity index (χ2v) is 3.97. The molecule has 0 radical (unpaired) electrons. The molecule has 1 N–H and O–H groups in total. The summed E-state index contributed by atoms with van der Waals surface area (Å²) in [6, 6.07) is 0. The van der Waals surface area contributed by atoms with Crippen LogP contribution in [0.2, 0.25) is 0 Å². The normalized spacial score (nSPS) is 16.2. The van der Waals surface area contributed by atoms with Gasteiger partial charge in [-0.25, -0.2) is 0 Å². The Hall–Kier alpha value is -0.0800. The van der Waals surface area contributed by atoms with E-state index < -0.39 is 0 Å². The van der Waals surface area contributed by atoms with Gasteiger partial charge in [0.1, 0.15) is 0 Å². The molecule has 0 aromatic rings. The molecule has 0 aromatic heterocycles. The van der Waals surface area contributed by atoms with Crippen LogP contribution < -0.4 is 5.32 Å². The Kier molecular flexibility index (Phi) is 7.29. The van der Waals surface area contributed by atoms with Crippen molar-refractivity contribution in [1.29, 1.82) is 0 Å². The Morgan fingerprint density at radius 2 is 1.92 bits per heavy atom. The van der Waals surface area contributed by atoms with Gasteiger partial charge in [-0.15, -0.1) is 0 Å². The minimum Gasteiger partial charge on any atom is -0.305 e. The van der Waals surface area contributed by atoms with E-state index in [1.165, 1.54) is 25.8 Å². The van der Waals surface area contributed by atoms with Crippen LogP contribution in [0.3, 0.4) is 0 Å².